The van der Waals surface area contributed by atoms with Crippen LogP contribution in [0.15, 0.2) is 46.9 Å². The molecule has 0 amide bonds. The average molecular weight is 320 g/mol. The molecule has 0 saturated heterocycles. The number of fused-ring (bicyclic) bond motifs is 1. The molecule has 1 heterocycles. The fourth-order valence-electron chi connectivity index (χ4n) is 2.59. The zero-order valence-corrected chi connectivity index (χ0v) is 13.3. The van der Waals surface area contributed by atoms with Gasteiger partial charge in [0.25, 0.3) is 0 Å². The van der Waals surface area contributed by atoms with Gasteiger partial charge in [-0.15, -0.1) is 0 Å². The number of furan rings is 1. The Morgan fingerprint density at radius 1 is 1.05 bits per heavy atom. The van der Waals surface area contributed by atoms with E-state index in [0.29, 0.717) is 10.0 Å². The monoisotopic (exact) mass is 319 g/mol. The van der Waals surface area contributed by atoms with Gasteiger partial charge < -0.3 is 9.73 Å². The highest BCUT2D eigenvalue weighted by molar-refractivity contribution is 6.34. The zero-order chi connectivity index (χ0) is 15.0. The van der Waals surface area contributed by atoms with Gasteiger partial charge in [-0.05, 0) is 49.4 Å². The third kappa shape index (κ3) is 2.80. The summed E-state index contributed by atoms with van der Waals surface area (Å²) in [6, 6.07) is 13.6. The first-order valence-electron chi connectivity index (χ1n) is 6.71. The molecule has 2 aromatic carbocycles. The van der Waals surface area contributed by atoms with Gasteiger partial charge in [0.15, 0.2) is 0 Å². The van der Waals surface area contributed by atoms with Crippen molar-refractivity contribution in [3.05, 3.63) is 69.4 Å². The Bertz CT molecular complexity index is 774. The molecule has 1 atom stereocenters. The van der Waals surface area contributed by atoms with Crippen molar-refractivity contribution < 1.29 is 4.42 Å². The minimum absolute atomic E-state index is 0.0898. The molecule has 4 heteroatoms. The van der Waals surface area contributed by atoms with Crippen molar-refractivity contribution in [3.8, 4) is 0 Å². The Balaban J connectivity index is 2.11. The summed E-state index contributed by atoms with van der Waals surface area (Å²) in [5.41, 5.74) is 3.02. The minimum Gasteiger partial charge on any atom is -0.459 e. The molecule has 108 valence electrons. The van der Waals surface area contributed by atoms with Crippen molar-refractivity contribution in [2.24, 2.45) is 0 Å². The zero-order valence-electron chi connectivity index (χ0n) is 11.8. The second-order valence-corrected chi connectivity index (χ2v) is 5.94. The van der Waals surface area contributed by atoms with Crippen molar-refractivity contribution in [3.63, 3.8) is 0 Å². The van der Waals surface area contributed by atoms with Crippen molar-refractivity contribution >= 4 is 34.2 Å². The van der Waals surface area contributed by atoms with E-state index in [1.165, 1.54) is 0 Å². The van der Waals surface area contributed by atoms with Crippen molar-refractivity contribution in [1.82, 2.24) is 5.32 Å². The second kappa shape index (κ2) is 5.72. The Kier molecular flexibility index (Phi) is 3.94. The third-order valence-corrected chi connectivity index (χ3v) is 3.99. The largest absolute Gasteiger partial charge is 0.459 e. The molecule has 2 nitrogen and oxygen atoms in total. The third-order valence-electron chi connectivity index (χ3n) is 3.55. The Morgan fingerprint density at radius 3 is 2.38 bits per heavy atom. The quantitative estimate of drug-likeness (QED) is 0.703. The molecule has 21 heavy (non-hydrogen) atoms. The van der Waals surface area contributed by atoms with Gasteiger partial charge in [0.2, 0.25) is 0 Å². The number of para-hydroxylation sites is 1. The lowest BCUT2D eigenvalue weighted by Crippen LogP contribution is -2.16. The first-order chi connectivity index (χ1) is 10.1. The van der Waals surface area contributed by atoms with Gasteiger partial charge in [0, 0.05) is 15.4 Å². The lowest BCUT2D eigenvalue weighted by molar-refractivity contribution is 0.490. The molecule has 0 aliphatic rings. The van der Waals surface area contributed by atoms with E-state index in [4.69, 9.17) is 27.6 Å². The summed E-state index contributed by atoms with van der Waals surface area (Å²) in [5.74, 6) is 0.847. The molecule has 0 saturated carbocycles. The van der Waals surface area contributed by atoms with Crippen LogP contribution in [-0.4, -0.2) is 7.05 Å². The Hall–Kier alpha value is -1.48. The van der Waals surface area contributed by atoms with E-state index in [0.717, 1.165) is 27.9 Å². The van der Waals surface area contributed by atoms with Crippen LogP contribution >= 0.6 is 23.2 Å². The summed E-state index contributed by atoms with van der Waals surface area (Å²) < 4.78 is 6.04. The van der Waals surface area contributed by atoms with Crippen LogP contribution in [0.3, 0.4) is 0 Å². The molecule has 3 rings (SSSR count). The van der Waals surface area contributed by atoms with Crippen LogP contribution in [0.1, 0.15) is 22.9 Å². The standard InChI is InChI=1S/C17H15Cl2NO/c1-10-4-3-5-11-8-15(21-17(10)11)16(20-2)12-6-13(18)9-14(19)7-12/h3-9,16,20H,1-2H3. The van der Waals surface area contributed by atoms with E-state index in [-0.39, 0.29) is 6.04 Å². The molecule has 0 radical (unpaired) electrons. The molecular formula is C17H15Cl2NO. The molecule has 0 aliphatic carbocycles. The van der Waals surface area contributed by atoms with Crippen LogP contribution in [0.25, 0.3) is 11.0 Å². The number of halogens is 2. The predicted octanol–water partition coefficient (Wildman–Crippen LogP) is 5.36. The van der Waals surface area contributed by atoms with E-state index in [1.807, 2.05) is 44.3 Å². The summed E-state index contributed by atoms with van der Waals surface area (Å²) in [5, 5.41) is 5.59. The number of rotatable bonds is 3. The fourth-order valence-corrected chi connectivity index (χ4v) is 3.13. The Morgan fingerprint density at radius 2 is 1.76 bits per heavy atom. The van der Waals surface area contributed by atoms with E-state index in [2.05, 4.69) is 11.4 Å². The van der Waals surface area contributed by atoms with E-state index in [1.54, 1.807) is 6.07 Å². The maximum Gasteiger partial charge on any atom is 0.137 e. The number of aryl methyl sites for hydroxylation is 1. The smallest absolute Gasteiger partial charge is 0.137 e. The lowest BCUT2D eigenvalue weighted by atomic mass is 10.0. The maximum atomic E-state index is 6.10. The van der Waals surface area contributed by atoms with Gasteiger partial charge in [-0.2, -0.15) is 0 Å². The molecule has 1 unspecified atom stereocenters. The average Bonchev–Trinajstić information content (AvgIpc) is 2.83. The van der Waals surface area contributed by atoms with E-state index < -0.39 is 0 Å². The molecule has 1 aromatic heterocycles. The van der Waals surface area contributed by atoms with Crippen LogP contribution in [0.2, 0.25) is 10.0 Å². The van der Waals surface area contributed by atoms with Crippen LogP contribution < -0.4 is 5.32 Å². The first-order valence-corrected chi connectivity index (χ1v) is 7.46. The Labute approximate surface area is 133 Å². The molecule has 0 fully saturated rings. The summed E-state index contributed by atoms with van der Waals surface area (Å²) in [6.07, 6.45) is 0. The van der Waals surface area contributed by atoms with E-state index >= 15 is 0 Å². The van der Waals surface area contributed by atoms with Crippen LogP contribution in [0.5, 0.6) is 0 Å². The van der Waals surface area contributed by atoms with Gasteiger partial charge in [-0.25, -0.2) is 0 Å². The number of benzene rings is 2. The van der Waals surface area contributed by atoms with Crippen LogP contribution in [0, 0.1) is 6.92 Å². The van der Waals surface area contributed by atoms with Gasteiger partial charge >= 0.3 is 0 Å². The van der Waals surface area contributed by atoms with E-state index in [9.17, 15) is 0 Å². The molecule has 0 aliphatic heterocycles. The van der Waals surface area contributed by atoms with Crippen molar-refractivity contribution in [2.75, 3.05) is 7.05 Å². The summed E-state index contributed by atoms with van der Waals surface area (Å²) in [7, 11) is 1.89. The molecule has 3 aromatic rings. The lowest BCUT2D eigenvalue weighted by Gasteiger charge is -2.14. The molecule has 0 bridgehead atoms. The summed E-state index contributed by atoms with van der Waals surface area (Å²) in [6.45, 7) is 2.04. The highest BCUT2D eigenvalue weighted by atomic mass is 35.5. The number of hydrogen-bond donors (Lipinski definition) is 1. The topological polar surface area (TPSA) is 25.2 Å². The minimum atomic E-state index is -0.0898. The first kappa shape index (κ1) is 14.5. The van der Waals surface area contributed by atoms with Crippen LogP contribution in [-0.2, 0) is 0 Å². The number of hydrogen-bond acceptors (Lipinski definition) is 2. The highest BCUT2D eigenvalue weighted by Crippen LogP contribution is 2.32. The van der Waals surface area contributed by atoms with Gasteiger partial charge in [0.1, 0.15) is 11.3 Å². The summed E-state index contributed by atoms with van der Waals surface area (Å²) in [4.78, 5) is 0. The molecular weight excluding hydrogens is 305 g/mol. The number of nitrogens with one attached hydrogen (secondary N) is 1. The molecule has 1 N–H and O–H groups in total. The van der Waals surface area contributed by atoms with Crippen LogP contribution in [0.4, 0.5) is 0 Å². The normalized spacial score (nSPS) is 12.8. The SMILES string of the molecule is CNC(c1cc(Cl)cc(Cl)c1)c1cc2cccc(C)c2o1. The summed E-state index contributed by atoms with van der Waals surface area (Å²) >= 11 is 12.2. The van der Waals surface area contributed by atoms with Gasteiger partial charge in [0.05, 0.1) is 6.04 Å². The second-order valence-electron chi connectivity index (χ2n) is 5.07. The predicted molar refractivity (Wildman–Crippen MR) is 88.3 cm³/mol. The fraction of sp³-hybridized carbons (Fsp3) is 0.176. The highest BCUT2D eigenvalue weighted by Gasteiger charge is 2.18. The van der Waals surface area contributed by atoms with Gasteiger partial charge in [-0.3, -0.25) is 0 Å². The van der Waals surface area contributed by atoms with Crippen molar-refractivity contribution in [1.29, 1.82) is 0 Å². The maximum absolute atomic E-state index is 6.10. The van der Waals surface area contributed by atoms with Crippen molar-refractivity contribution in [2.45, 2.75) is 13.0 Å². The van der Waals surface area contributed by atoms with Gasteiger partial charge in [-0.1, -0.05) is 41.4 Å². The molecule has 0 spiro atoms.